The van der Waals surface area contributed by atoms with Crippen LogP contribution in [0.15, 0.2) is 53.1 Å². The van der Waals surface area contributed by atoms with Crippen LogP contribution in [0.1, 0.15) is 42.9 Å². The molecule has 2 aromatic rings. The lowest BCUT2D eigenvalue weighted by molar-refractivity contribution is 0.331. The van der Waals surface area contributed by atoms with Crippen LogP contribution in [0.3, 0.4) is 0 Å². The molecule has 1 aromatic heterocycles. The van der Waals surface area contributed by atoms with Gasteiger partial charge in [-0.2, -0.15) is 0 Å². The zero-order chi connectivity index (χ0) is 12.9. The molecule has 100 valence electrons. The lowest BCUT2D eigenvalue weighted by Gasteiger charge is -2.29. The van der Waals surface area contributed by atoms with Crippen molar-refractivity contribution in [2.24, 2.45) is 0 Å². The molecule has 0 radical (unpaired) electrons. The Morgan fingerprint density at radius 2 is 1.74 bits per heavy atom. The Morgan fingerprint density at radius 3 is 2.42 bits per heavy atom. The molecular formula is C17H21NO. The number of hydrogen-bond donors (Lipinski definition) is 1. The van der Waals surface area contributed by atoms with E-state index >= 15 is 0 Å². The molecule has 0 unspecified atom stereocenters. The van der Waals surface area contributed by atoms with Crippen LogP contribution in [-0.2, 0) is 6.54 Å². The standard InChI is InChI=1S/C17H21NO/c1-2-5-14(6-3-1)15-8-10-16(11-9-15)18-13-17-7-4-12-19-17/h1-7,12,15-16,18H,8-11,13H2. The maximum absolute atomic E-state index is 5.35. The van der Waals surface area contributed by atoms with Crippen molar-refractivity contribution in [1.82, 2.24) is 5.32 Å². The Morgan fingerprint density at radius 1 is 0.947 bits per heavy atom. The maximum Gasteiger partial charge on any atom is 0.117 e. The predicted octanol–water partition coefficient (Wildman–Crippen LogP) is 4.10. The molecule has 1 aromatic carbocycles. The summed E-state index contributed by atoms with van der Waals surface area (Å²) in [5.41, 5.74) is 1.51. The van der Waals surface area contributed by atoms with Crippen molar-refractivity contribution in [2.75, 3.05) is 0 Å². The largest absolute Gasteiger partial charge is 0.468 e. The van der Waals surface area contributed by atoms with Gasteiger partial charge in [0.25, 0.3) is 0 Å². The third-order valence-corrected chi connectivity index (χ3v) is 4.14. The van der Waals surface area contributed by atoms with Gasteiger partial charge >= 0.3 is 0 Å². The van der Waals surface area contributed by atoms with E-state index in [-0.39, 0.29) is 0 Å². The number of benzene rings is 1. The van der Waals surface area contributed by atoms with Crippen molar-refractivity contribution in [1.29, 1.82) is 0 Å². The van der Waals surface area contributed by atoms with E-state index in [1.807, 2.05) is 12.1 Å². The lowest BCUT2D eigenvalue weighted by atomic mass is 9.82. The summed E-state index contributed by atoms with van der Waals surface area (Å²) in [4.78, 5) is 0. The number of rotatable bonds is 4. The van der Waals surface area contributed by atoms with Gasteiger partial charge < -0.3 is 9.73 Å². The van der Waals surface area contributed by atoms with Crippen LogP contribution >= 0.6 is 0 Å². The Kier molecular flexibility index (Phi) is 3.99. The van der Waals surface area contributed by atoms with Gasteiger partial charge in [0.05, 0.1) is 12.8 Å². The second-order valence-corrected chi connectivity index (χ2v) is 5.42. The fourth-order valence-electron chi connectivity index (χ4n) is 3.01. The molecule has 1 fully saturated rings. The highest BCUT2D eigenvalue weighted by Gasteiger charge is 2.21. The Balaban J connectivity index is 1.47. The molecule has 0 saturated heterocycles. The van der Waals surface area contributed by atoms with Crippen LogP contribution in [0.2, 0.25) is 0 Å². The van der Waals surface area contributed by atoms with Crippen molar-refractivity contribution < 1.29 is 4.42 Å². The van der Waals surface area contributed by atoms with Gasteiger partial charge in [-0.05, 0) is 49.3 Å². The molecule has 0 atom stereocenters. The first-order valence-corrected chi connectivity index (χ1v) is 7.22. The molecular weight excluding hydrogens is 234 g/mol. The van der Waals surface area contributed by atoms with Gasteiger partial charge in [-0.25, -0.2) is 0 Å². The molecule has 19 heavy (non-hydrogen) atoms. The second-order valence-electron chi connectivity index (χ2n) is 5.42. The van der Waals surface area contributed by atoms with Crippen molar-refractivity contribution in [3.8, 4) is 0 Å². The third kappa shape index (κ3) is 3.27. The van der Waals surface area contributed by atoms with E-state index in [0.29, 0.717) is 6.04 Å². The van der Waals surface area contributed by atoms with Gasteiger partial charge in [-0.15, -0.1) is 0 Å². The van der Waals surface area contributed by atoms with Crippen LogP contribution in [0.5, 0.6) is 0 Å². The maximum atomic E-state index is 5.35. The van der Waals surface area contributed by atoms with Gasteiger partial charge in [0.15, 0.2) is 0 Å². The van der Waals surface area contributed by atoms with Crippen molar-refractivity contribution in [3.63, 3.8) is 0 Å². The Bertz CT molecular complexity index is 469. The average Bonchev–Trinajstić information content (AvgIpc) is 3.00. The van der Waals surface area contributed by atoms with Crippen LogP contribution in [-0.4, -0.2) is 6.04 Å². The molecule has 1 aliphatic carbocycles. The van der Waals surface area contributed by atoms with Gasteiger partial charge in [0.1, 0.15) is 5.76 Å². The van der Waals surface area contributed by atoms with Crippen molar-refractivity contribution in [2.45, 2.75) is 44.2 Å². The summed E-state index contributed by atoms with van der Waals surface area (Å²) in [5, 5.41) is 3.60. The monoisotopic (exact) mass is 255 g/mol. The van der Waals surface area contributed by atoms with Crippen LogP contribution in [0.4, 0.5) is 0 Å². The van der Waals surface area contributed by atoms with Gasteiger partial charge in [0.2, 0.25) is 0 Å². The molecule has 1 heterocycles. The van der Waals surface area contributed by atoms with Crippen molar-refractivity contribution in [3.05, 3.63) is 60.1 Å². The summed E-state index contributed by atoms with van der Waals surface area (Å²) in [6.45, 7) is 0.855. The highest BCUT2D eigenvalue weighted by atomic mass is 16.3. The molecule has 3 rings (SSSR count). The van der Waals surface area contributed by atoms with E-state index in [4.69, 9.17) is 4.42 Å². The molecule has 0 bridgehead atoms. The minimum atomic E-state index is 0.644. The van der Waals surface area contributed by atoms with E-state index in [1.165, 1.54) is 31.2 Å². The van der Waals surface area contributed by atoms with E-state index in [9.17, 15) is 0 Å². The number of furan rings is 1. The summed E-state index contributed by atoms with van der Waals surface area (Å²) in [6, 6.07) is 15.5. The van der Waals surface area contributed by atoms with Gasteiger partial charge in [0, 0.05) is 6.04 Å². The zero-order valence-electron chi connectivity index (χ0n) is 11.2. The Hall–Kier alpha value is -1.54. The van der Waals surface area contributed by atoms with E-state index in [0.717, 1.165) is 18.2 Å². The summed E-state index contributed by atoms with van der Waals surface area (Å²) in [5.74, 6) is 1.79. The molecule has 0 spiro atoms. The normalized spacial score (nSPS) is 23.4. The number of hydrogen-bond acceptors (Lipinski definition) is 2. The molecule has 0 aliphatic heterocycles. The summed E-state index contributed by atoms with van der Waals surface area (Å²) < 4.78 is 5.35. The molecule has 2 heteroatoms. The molecule has 2 nitrogen and oxygen atoms in total. The summed E-state index contributed by atoms with van der Waals surface area (Å²) in [6.07, 6.45) is 6.85. The van der Waals surface area contributed by atoms with Crippen LogP contribution in [0, 0.1) is 0 Å². The molecule has 1 saturated carbocycles. The predicted molar refractivity (Wildman–Crippen MR) is 77.0 cm³/mol. The summed E-state index contributed by atoms with van der Waals surface area (Å²) in [7, 11) is 0. The van der Waals surface area contributed by atoms with E-state index in [2.05, 4.69) is 35.6 Å². The smallest absolute Gasteiger partial charge is 0.117 e. The highest BCUT2D eigenvalue weighted by Crippen LogP contribution is 2.32. The fraction of sp³-hybridized carbons (Fsp3) is 0.412. The second kappa shape index (κ2) is 6.07. The van der Waals surface area contributed by atoms with Gasteiger partial charge in [-0.1, -0.05) is 30.3 Å². The third-order valence-electron chi connectivity index (χ3n) is 4.14. The summed E-state index contributed by atoms with van der Waals surface area (Å²) >= 11 is 0. The highest BCUT2D eigenvalue weighted by molar-refractivity contribution is 5.20. The zero-order valence-corrected chi connectivity index (χ0v) is 11.2. The average molecular weight is 255 g/mol. The molecule has 1 N–H and O–H groups in total. The first kappa shape index (κ1) is 12.5. The molecule has 1 aliphatic rings. The minimum absolute atomic E-state index is 0.644. The van der Waals surface area contributed by atoms with Crippen LogP contribution < -0.4 is 5.32 Å². The van der Waals surface area contributed by atoms with E-state index < -0.39 is 0 Å². The van der Waals surface area contributed by atoms with Crippen LogP contribution in [0.25, 0.3) is 0 Å². The fourth-order valence-corrected chi connectivity index (χ4v) is 3.01. The first-order valence-electron chi connectivity index (χ1n) is 7.22. The quantitative estimate of drug-likeness (QED) is 0.890. The Labute approximate surface area is 114 Å². The van der Waals surface area contributed by atoms with Crippen molar-refractivity contribution >= 4 is 0 Å². The SMILES string of the molecule is c1ccc(C2CCC(NCc3ccco3)CC2)cc1. The topological polar surface area (TPSA) is 25.2 Å². The molecule has 0 amide bonds. The van der Waals surface area contributed by atoms with Gasteiger partial charge in [-0.3, -0.25) is 0 Å². The lowest BCUT2D eigenvalue weighted by Crippen LogP contribution is -2.32. The first-order chi connectivity index (χ1) is 9.42. The minimum Gasteiger partial charge on any atom is -0.468 e. The van der Waals surface area contributed by atoms with E-state index in [1.54, 1.807) is 6.26 Å². The number of nitrogens with one attached hydrogen (secondary N) is 1.